The van der Waals surface area contributed by atoms with Crippen LogP contribution in [0.25, 0.3) is 0 Å². The molecule has 0 aromatic carbocycles. The largest absolute Gasteiger partial charge is 0.444 e. The van der Waals surface area contributed by atoms with Crippen molar-refractivity contribution in [2.24, 2.45) is 4.99 Å². The fourth-order valence-corrected chi connectivity index (χ4v) is 1.43. The van der Waals surface area contributed by atoms with E-state index >= 15 is 0 Å². The van der Waals surface area contributed by atoms with Crippen LogP contribution in [0.2, 0.25) is 0 Å². The summed E-state index contributed by atoms with van der Waals surface area (Å²) in [5.41, 5.74) is -0.501. The summed E-state index contributed by atoms with van der Waals surface area (Å²) in [7, 11) is 1.75. The van der Waals surface area contributed by atoms with E-state index in [-0.39, 0.29) is 0 Å². The highest BCUT2D eigenvalue weighted by Crippen LogP contribution is 2.22. The zero-order chi connectivity index (χ0) is 14.2. The number of thioether (sulfide) groups is 1. The Labute approximate surface area is 113 Å². The summed E-state index contributed by atoms with van der Waals surface area (Å²) in [6.07, 6.45) is 1.07. The average Bonchev–Trinajstić information content (AvgIpc) is 2.21. The molecule has 2 N–H and O–H groups in total. The number of nitrogens with one attached hydrogen (secondary N) is 2. The second-order valence-corrected chi connectivity index (χ2v) is 5.69. The number of ether oxygens (including phenoxy) is 1. The van der Waals surface area contributed by atoms with Crippen LogP contribution in [0.1, 0.15) is 20.8 Å². The van der Waals surface area contributed by atoms with Gasteiger partial charge < -0.3 is 15.4 Å². The molecule has 0 saturated carbocycles. The SMILES string of the molecule is C=C(CNC(=O)OC(C)(C)C)SC(=C)/N=C\NC. The van der Waals surface area contributed by atoms with Crippen molar-refractivity contribution in [1.82, 2.24) is 10.6 Å². The van der Waals surface area contributed by atoms with Crippen LogP contribution in [-0.2, 0) is 4.74 Å². The highest BCUT2D eigenvalue weighted by Gasteiger charge is 2.15. The number of nitrogens with zero attached hydrogens (tertiary/aromatic N) is 1. The van der Waals surface area contributed by atoms with Crippen LogP contribution >= 0.6 is 11.8 Å². The number of amides is 1. The van der Waals surface area contributed by atoms with Crippen molar-refractivity contribution >= 4 is 24.2 Å². The Morgan fingerprint density at radius 3 is 2.56 bits per heavy atom. The van der Waals surface area contributed by atoms with Gasteiger partial charge in [0, 0.05) is 12.0 Å². The third-order valence-corrected chi connectivity index (χ3v) is 2.20. The first kappa shape index (κ1) is 16.6. The van der Waals surface area contributed by atoms with E-state index in [0.29, 0.717) is 11.6 Å². The normalized spacial score (nSPS) is 11.1. The van der Waals surface area contributed by atoms with E-state index in [2.05, 4.69) is 28.8 Å². The number of hydrogen-bond donors (Lipinski definition) is 2. The highest BCUT2D eigenvalue weighted by atomic mass is 32.2. The van der Waals surface area contributed by atoms with Gasteiger partial charge in [0.1, 0.15) is 5.60 Å². The van der Waals surface area contributed by atoms with Crippen LogP contribution < -0.4 is 10.6 Å². The van der Waals surface area contributed by atoms with E-state index < -0.39 is 11.7 Å². The van der Waals surface area contributed by atoms with E-state index in [0.717, 1.165) is 4.91 Å². The van der Waals surface area contributed by atoms with Crippen molar-refractivity contribution in [2.75, 3.05) is 13.6 Å². The molecule has 0 bridgehead atoms. The van der Waals surface area contributed by atoms with Crippen molar-refractivity contribution in [3.63, 3.8) is 0 Å². The van der Waals surface area contributed by atoms with Gasteiger partial charge in [0.25, 0.3) is 0 Å². The van der Waals surface area contributed by atoms with Gasteiger partial charge in [-0.1, -0.05) is 24.9 Å². The van der Waals surface area contributed by atoms with Gasteiger partial charge in [-0.2, -0.15) is 0 Å². The quantitative estimate of drug-likeness (QED) is 0.575. The van der Waals surface area contributed by atoms with Gasteiger partial charge >= 0.3 is 6.09 Å². The smallest absolute Gasteiger partial charge is 0.407 e. The first-order valence-electron chi connectivity index (χ1n) is 5.46. The third kappa shape index (κ3) is 9.77. The van der Waals surface area contributed by atoms with Crippen LogP contribution in [0.3, 0.4) is 0 Å². The molecular formula is C12H21N3O2S. The minimum Gasteiger partial charge on any atom is -0.444 e. The Bertz CT molecular complexity index is 346. The lowest BCUT2D eigenvalue weighted by atomic mass is 10.2. The second-order valence-electron chi connectivity index (χ2n) is 4.44. The number of rotatable bonds is 6. The molecular weight excluding hydrogens is 250 g/mol. The van der Waals surface area contributed by atoms with Crippen molar-refractivity contribution in [3.05, 3.63) is 23.1 Å². The summed E-state index contributed by atoms with van der Waals surface area (Å²) in [5, 5.41) is 5.97. The predicted octanol–water partition coefficient (Wildman–Crippen LogP) is 2.48. The maximum Gasteiger partial charge on any atom is 0.407 e. The molecule has 0 aliphatic rings. The summed E-state index contributed by atoms with van der Waals surface area (Å²) in [6.45, 7) is 13.3. The lowest BCUT2D eigenvalue weighted by molar-refractivity contribution is 0.0533. The van der Waals surface area contributed by atoms with Gasteiger partial charge in [-0.15, -0.1) is 0 Å². The van der Waals surface area contributed by atoms with E-state index in [1.165, 1.54) is 18.1 Å². The molecule has 0 saturated heterocycles. The average molecular weight is 271 g/mol. The number of aliphatic imine (C=N–C) groups is 1. The standard InChI is InChI=1S/C12H21N3O2S/c1-9(18-10(2)15-8-13-6)7-14-11(16)17-12(3,4)5/h8H,1-2,7H2,3-6H3,(H,13,15)(H,14,16). The lowest BCUT2D eigenvalue weighted by Gasteiger charge is -2.19. The van der Waals surface area contributed by atoms with Gasteiger partial charge in [-0.05, 0) is 20.8 Å². The Morgan fingerprint density at radius 1 is 1.44 bits per heavy atom. The molecule has 0 aromatic rings. The highest BCUT2D eigenvalue weighted by molar-refractivity contribution is 8.06. The predicted molar refractivity (Wildman–Crippen MR) is 77.7 cm³/mol. The molecule has 0 aromatic heterocycles. The fraction of sp³-hybridized carbons (Fsp3) is 0.500. The van der Waals surface area contributed by atoms with Crippen molar-refractivity contribution in [3.8, 4) is 0 Å². The first-order valence-corrected chi connectivity index (χ1v) is 6.27. The van der Waals surface area contributed by atoms with Crippen molar-refractivity contribution in [2.45, 2.75) is 26.4 Å². The van der Waals surface area contributed by atoms with Crippen LogP contribution in [0.4, 0.5) is 4.79 Å². The topological polar surface area (TPSA) is 62.7 Å². The van der Waals surface area contributed by atoms with Gasteiger partial charge in [-0.3, -0.25) is 0 Å². The summed E-state index contributed by atoms with van der Waals surface area (Å²) in [5.74, 6) is 0. The summed E-state index contributed by atoms with van der Waals surface area (Å²) in [4.78, 5) is 16.1. The minimum absolute atomic E-state index is 0.313. The molecule has 1 amide bonds. The van der Waals surface area contributed by atoms with E-state index in [9.17, 15) is 4.79 Å². The molecule has 0 unspecified atom stereocenters. The number of hydrogen-bond acceptors (Lipinski definition) is 4. The van der Waals surface area contributed by atoms with Crippen LogP contribution in [-0.4, -0.2) is 31.6 Å². The Balaban J connectivity index is 3.94. The van der Waals surface area contributed by atoms with E-state index in [1.807, 2.05) is 20.8 Å². The Hall–Kier alpha value is -1.43. The number of carbonyl (C=O) groups is 1. The first-order chi connectivity index (χ1) is 8.24. The zero-order valence-electron chi connectivity index (χ0n) is 11.4. The Morgan fingerprint density at radius 2 is 2.06 bits per heavy atom. The molecule has 18 heavy (non-hydrogen) atoms. The maximum absolute atomic E-state index is 11.4. The summed E-state index contributed by atoms with van der Waals surface area (Å²) < 4.78 is 5.10. The van der Waals surface area contributed by atoms with Crippen molar-refractivity contribution < 1.29 is 9.53 Å². The molecule has 0 radical (unpaired) electrons. The number of alkyl carbamates (subject to hydrolysis) is 1. The molecule has 0 spiro atoms. The summed E-state index contributed by atoms with van der Waals surface area (Å²) in [6, 6.07) is 0. The number of carbonyl (C=O) groups excluding carboxylic acids is 1. The molecule has 0 atom stereocenters. The maximum atomic E-state index is 11.4. The van der Waals surface area contributed by atoms with Gasteiger partial charge in [0.05, 0.1) is 17.9 Å². The van der Waals surface area contributed by atoms with Gasteiger partial charge in [-0.25, -0.2) is 9.79 Å². The zero-order valence-corrected chi connectivity index (χ0v) is 12.2. The monoisotopic (exact) mass is 271 g/mol. The second kappa shape index (κ2) is 7.81. The van der Waals surface area contributed by atoms with Gasteiger partial charge in [0.15, 0.2) is 0 Å². The molecule has 5 nitrogen and oxygen atoms in total. The molecule has 0 heterocycles. The van der Waals surface area contributed by atoms with Crippen LogP contribution in [0.5, 0.6) is 0 Å². The lowest BCUT2D eigenvalue weighted by Crippen LogP contribution is -2.33. The third-order valence-electron chi connectivity index (χ3n) is 1.43. The molecule has 0 aliphatic carbocycles. The van der Waals surface area contributed by atoms with Crippen LogP contribution in [0, 0.1) is 0 Å². The molecule has 0 fully saturated rings. The summed E-state index contributed by atoms with van der Waals surface area (Å²) >= 11 is 1.30. The molecule has 0 aliphatic heterocycles. The molecule has 0 rings (SSSR count). The van der Waals surface area contributed by atoms with E-state index in [1.54, 1.807) is 7.05 Å². The van der Waals surface area contributed by atoms with Crippen molar-refractivity contribution in [1.29, 1.82) is 0 Å². The molecule has 102 valence electrons. The van der Waals surface area contributed by atoms with E-state index in [4.69, 9.17) is 4.74 Å². The minimum atomic E-state index is -0.501. The fourth-order valence-electron chi connectivity index (χ4n) is 0.851. The van der Waals surface area contributed by atoms with Gasteiger partial charge in [0.2, 0.25) is 0 Å². The van der Waals surface area contributed by atoms with Crippen LogP contribution in [0.15, 0.2) is 28.1 Å². The Kier molecular flexibility index (Phi) is 7.19. The molecule has 6 heteroatoms.